The van der Waals surface area contributed by atoms with Crippen LogP contribution < -0.4 is 10.1 Å². The van der Waals surface area contributed by atoms with Crippen LogP contribution in [0.3, 0.4) is 0 Å². The van der Waals surface area contributed by atoms with Crippen LogP contribution in [0.2, 0.25) is 0 Å². The molecule has 4 nitrogen and oxygen atoms in total. The van der Waals surface area contributed by atoms with Gasteiger partial charge in [0.15, 0.2) is 0 Å². The fraction of sp³-hybridized carbons (Fsp3) is 0.182. The Morgan fingerprint density at radius 2 is 1.89 bits per heavy atom. The lowest BCUT2D eigenvalue weighted by molar-refractivity contribution is -0.118. The van der Waals surface area contributed by atoms with Crippen LogP contribution in [0.15, 0.2) is 78.0 Å². The summed E-state index contributed by atoms with van der Waals surface area (Å²) in [6, 6.07) is 20.1. The molecule has 1 aliphatic rings. The maximum atomic E-state index is 12.1. The topological polar surface area (TPSA) is 51.2 Å². The second kappa shape index (κ2) is 8.27. The number of ether oxygens (including phenoxy) is 1. The van der Waals surface area contributed by atoms with Crippen molar-refractivity contribution < 1.29 is 9.53 Å². The quantitative estimate of drug-likeness (QED) is 0.662. The van der Waals surface area contributed by atoms with Gasteiger partial charge in [0.05, 0.1) is 12.3 Å². The number of benzene rings is 2. The van der Waals surface area contributed by atoms with E-state index in [0.29, 0.717) is 12.3 Å². The number of carbonyl (C=O) groups is 1. The highest BCUT2D eigenvalue weighted by atomic mass is 32.2. The maximum Gasteiger partial charge on any atom is 0.230 e. The van der Waals surface area contributed by atoms with Crippen molar-refractivity contribution in [1.29, 1.82) is 0 Å². The fourth-order valence-corrected chi connectivity index (χ4v) is 3.90. The highest BCUT2D eigenvalue weighted by Crippen LogP contribution is 2.38. The second-order valence-corrected chi connectivity index (χ2v) is 7.43. The summed E-state index contributed by atoms with van der Waals surface area (Å²) in [5.74, 6) is 1.35. The highest BCUT2D eigenvalue weighted by Gasteiger charge is 2.26. The van der Waals surface area contributed by atoms with Gasteiger partial charge in [0, 0.05) is 29.3 Å². The molecule has 0 unspecified atom stereocenters. The summed E-state index contributed by atoms with van der Waals surface area (Å²) in [5.41, 5.74) is 3.34. The summed E-state index contributed by atoms with van der Waals surface area (Å²) in [4.78, 5) is 17.3. The van der Waals surface area contributed by atoms with Crippen LogP contribution in [0.5, 0.6) is 5.75 Å². The number of nitrogens with one attached hydrogen (secondary N) is 1. The van der Waals surface area contributed by atoms with E-state index in [1.165, 1.54) is 17.3 Å². The van der Waals surface area contributed by atoms with Crippen molar-refractivity contribution in [2.45, 2.75) is 17.4 Å². The van der Waals surface area contributed by atoms with Crippen LogP contribution in [0.4, 0.5) is 0 Å². The Morgan fingerprint density at radius 3 is 2.70 bits per heavy atom. The number of thioether (sulfide) groups is 1. The lowest BCUT2D eigenvalue weighted by atomic mass is 10.0. The first-order valence-electron chi connectivity index (χ1n) is 8.93. The molecule has 1 aromatic heterocycles. The molecule has 0 saturated carbocycles. The number of nitrogens with zero attached hydrogens (tertiary/aromatic N) is 1. The second-order valence-electron chi connectivity index (χ2n) is 6.38. The van der Waals surface area contributed by atoms with E-state index in [9.17, 15) is 4.79 Å². The zero-order chi connectivity index (χ0) is 18.5. The van der Waals surface area contributed by atoms with Gasteiger partial charge < -0.3 is 10.1 Å². The number of aromatic nitrogens is 1. The van der Waals surface area contributed by atoms with E-state index in [0.717, 1.165) is 28.2 Å². The van der Waals surface area contributed by atoms with Crippen molar-refractivity contribution in [3.05, 3.63) is 78.6 Å². The minimum Gasteiger partial charge on any atom is -0.487 e. The molecule has 0 bridgehead atoms. The number of pyridine rings is 1. The van der Waals surface area contributed by atoms with Crippen molar-refractivity contribution in [1.82, 2.24) is 10.3 Å². The smallest absolute Gasteiger partial charge is 0.230 e. The first-order chi connectivity index (χ1) is 13.3. The minimum atomic E-state index is -0.0336. The number of fused-ring (bicyclic) bond motifs is 1. The van der Waals surface area contributed by atoms with Crippen LogP contribution in [0.1, 0.15) is 5.56 Å². The van der Waals surface area contributed by atoms with Gasteiger partial charge in [0.1, 0.15) is 11.9 Å². The molecule has 0 saturated heterocycles. The standard InChI is InChI=1S/C22H20N2O2S/c25-21(15-27-19-6-2-1-3-7-19)24-14-18-13-17-5-4-8-20(22(17)26-18)16-9-11-23-12-10-16/h1-12,18H,13-15H2,(H,24,25)/t18-/m1/s1. The number of hydrogen-bond acceptors (Lipinski definition) is 4. The average Bonchev–Trinajstić information content (AvgIpc) is 3.15. The summed E-state index contributed by atoms with van der Waals surface area (Å²) in [5, 5.41) is 2.99. The number of carbonyl (C=O) groups excluding carboxylic acids is 1. The van der Waals surface area contributed by atoms with Crippen molar-refractivity contribution in [2.75, 3.05) is 12.3 Å². The molecule has 2 heterocycles. The zero-order valence-electron chi connectivity index (χ0n) is 14.8. The van der Waals surface area contributed by atoms with Crippen molar-refractivity contribution >= 4 is 17.7 Å². The van der Waals surface area contributed by atoms with Gasteiger partial charge in [-0.3, -0.25) is 9.78 Å². The van der Waals surface area contributed by atoms with E-state index in [-0.39, 0.29) is 12.0 Å². The van der Waals surface area contributed by atoms with Gasteiger partial charge in [0.25, 0.3) is 0 Å². The zero-order valence-corrected chi connectivity index (χ0v) is 15.6. The van der Waals surface area contributed by atoms with Crippen molar-refractivity contribution in [3.8, 4) is 16.9 Å². The predicted octanol–water partition coefficient (Wildman–Crippen LogP) is 3.96. The lowest BCUT2D eigenvalue weighted by Crippen LogP contribution is -2.35. The van der Waals surface area contributed by atoms with E-state index in [1.54, 1.807) is 12.4 Å². The van der Waals surface area contributed by atoms with E-state index in [4.69, 9.17) is 4.74 Å². The first-order valence-corrected chi connectivity index (χ1v) is 9.91. The summed E-state index contributed by atoms with van der Waals surface area (Å²) >= 11 is 1.54. The SMILES string of the molecule is O=C(CSc1ccccc1)NC[C@H]1Cc2cccc(-c3ccncc3)c2O1. The molecule has 5 heteroatoms. The molecule has 1 aliphatic heterocycles. The van der Waals surface area contributed by atoms with Crippen LogP contribution in [-0.4, -0.2) is 29.3 Å². The molecule has 4 rings (SSSR count). The molecule has 3 aromatic rings. The Kier molecular flexibility index (Phi) is 5.39. The van der Waals surface area contributed by atoms with Gasteiger partial charge in [-0.25, -0.2) is 0 Å². The van der Waals surface area contributed by atoms with E-state index in [2.05, 4.69) is 28.5 Å². The average molecular weight is 376 g/mol. The minimum absolute atomic E-state index is 0.0257. The van der Waals surface area contributed by atoms with Gasteiger partial charge in [0.2, 0.25) is 5.91 Å². The molecular weight excluding hydrogens is 356 g/mol. The van der Waals surface area contributed by atoms with Gasteiger partial charge >= 0.3 is 0 Å². The van der Waals surface area contributed by atoms with Crippen LogP contribution >= 0.6 is 11.8 Å². The summed E-state index contributed by atoms with van der Waals surface area (Å²) in [7, 11) is 0. The van der Waals surface area contributed by atoms with E-state index < -0.39 is 0 Å². The molecule has 0 aliphatic carbocycles. The number of para-hydroxylation sites is 1. The molecule has 136 valence electrons. The fourth-order valence-electron chi connectivity index (χ4n) is 3.16. The van der Waals surface area contributed by atoms with Crippen molar-refractivity contribution in [3.63, 3.8) is 0 Å². The Bertz CT molecular complexity index is 916. The molecule has 1 atom stereocenters. The van der Waals surface area contributed by atoms with Gasteiger partial charge in [-0.15, -0.1) is 11.8 Å². The van der Waals surface area contributed by atoms with Gasteiger partial charge in [-0.1, -0.05) is 36.4 Å². The summed E-state index contributed by atoms with van der Waals surface area (Å²) in [6.45, 7) is 0.513. The van der Waals surface area contributed by atoms with Gasteiger partial charge in [-0.05, 0) is 35.4 Å². The van der Waals surface area contributed by atoms with Crippen LogP contribution in [0.25, 0.3) is 11.1 Å². The summed E-state index contributed by atoms with van der Waals surface area (Å²) in [6.07, 6.45) is 4.34. The molecule has 1 amide bonds. The third-order valence-electron chi connectivity index (χ3n) is 4.46. The molecule has 0 spiro atoms. The normalized spacial score (nSPS) is 15.0. The third-order valence-corrected chi connectivity index (χ3v) is 5.47. The Balaban J connectivity index is 1.33. The molecular formula is C22H20N2O2S. The molecule has 0 fully saturated rings. The third kappa shape index (κ3) is 4.31. The monoisotopic (exact) mass is 376 g/mol. The van der Waals surface area contributed by atoms with Crippen molar-refractivity contribution in [2.24, 2.45) is 0 Å². The molecule has 27 heavy (non-hydrogen) atoms. The Hall–Kier alpha value is -2.79. The molecule has 1 N–H and O–H groups in total. The molecule has 0 radical (unpaired) electrons. The van der Waals surface area contributed by atoms with Crippen LogP contribution in [0, 0.1) is 0 Å². The number of rotatable bonds is 6. The first kappa shape index (κ1) is 17.6. The lowest BCUT2D eigenvalue weighted by Gasteiger charge is -2.13. The number of amides is 1. The maximum absolute atomic E-state index is 12.1. The molecule has 2 aromatic carbocycles. The largest absolute Gasteiger partial charge is 0.487 e. The highest BCUT2D eigenvalue weighted by molar-refractivity contribution is 8.00. The predicted molar refractivity (Wildman–Crippen MR) is 108 cm³/mol. The van der Waals surface area contributed by atoms with Crippen LogP contribution in [-0.2, 0) is 11.2 Å². The van der Waals surface area contributed by atoms with E-state index in [1.807, 2.05) is 42.5 Å². The van der Waals surface area contributed by atoms with Gasteiger partial charge in [-0.2, -0.15) is 0 Å². The Labute approximate surface area is 163 Å². The summed E-state index contributed by atoms with van der Waals surface area (Å²) < 4.78 is 6.16. The Morgan fingerprint density at radius 1 is 1.07 bits per heavy atom. The van der Waals surface area contributed by atoms with E-state index >= 15 is 0 Å². The number of hydrogen-bond donors (Lipinski definition) is 1.